The summed E-state index contributed by atoms with van der Waals surface area (Å²) in [6.45, 7) is 3.61. The Morgan fingerprint density at radius 3 is 2.28 bits per heavy atom. The van der Waals surface area contributed by atoms with E-state index in [1.807, 2.05) is 11.0 Å². The molecule has 3 heterocycles. The van der Waals surface area contributed by atoms with Crippen molar-refractivity contribution < 1.29 is 27.4 Å². The van der Waals surface area contributed by atoms with E-state index in [2.05, 4.69) is 21.6 Å². The molecule has 2 saturated heterocycles. The number of benzene rings is 3. The number of amides is 2. The van der Waals surface area contributed by atoms with Crippen molar-refractivity contribution in [2.75, 3.05) is 43.2 Å². The highest BCUT2D eigenvalue weighted by Crippen LogP contribution is 2.55. The number of carbonyl (C=O) groups excluding carboxylic acids is 1. The van der Waals surface area contributed by atoms with Crippen LogP contribution in [0, 0.1) is 18.3 Å². The van der Waals surface area contributed by atoms with E-state index in [4.69, 9.17) is 9.47 Å². The average Bonchev–Trinajstić information content (AvgIpc) is 3.50. The molecule has 0 aliphatic carbocycles. The Balaban J connectivity index is 1.62. The van der Waals surface area contributed by atoms with Crippen LogP contribution in [0.25, 0.3) is 11.3 Å². The molecular formula is C32H28F3N7O3S. The maximum Gasteiger partial charge on any atom is 0.425 e. The van der Waals surface area contributed by atoms with E-state index in [1.54, 1.807) is 60.0 Å². The number of aromatic nitrogens is 3. The Morgan fingerprint density at radius 1 is 1.00 bits per heavy atom. The molecule has 2 fully saturated rings. The van der Waals surface area contributed by atoms with Crippen LogP contribution >= 0.6 is 11.8 Å². The van der Waals surface area contributed by atoms with Crippen LogP contribution in [0.4, 0.5) is 29.6 Å². The molecule has 0 bridgehead atoms. The number of thioether (sulfide) groups is 1. The van der Waals surface area contributed by atoms with Gasteiger partial charge in [-0.05, 0) is 48.9 Å². The number of carbonyl (C=O) groups is 1. The van der Waals surface area contributed by atoms with Crippen molar-refractivity contribution in [2.24, 2.45) is 0 Å². The summed E-state index contributed by atoms with van der Waals surface area (Å²) in [6, 6.07) is 21.9. The number of halogens is 3. The standard InChI is InChI=1S/C32H28F3N7O3S/c1-21-8-10-22(11-9-21)31(32(33,34)35)37-30(43)42(24-12-14-25(44-2)15-13-24)28(46-31)26(20-36)27-38-39-29(40-16-18-45-19-17-40)41(27)23-6-4-3-5-7-23/h3-15H,16-19H2,1-2H3,(H,37,43)/b28-26-/t31-/m0/s1. The average molecular weight is 648 g/mol. The predicted octanol–water partition coefficient (Wildman–Crippen LogP) is 5.99. The minimum atomic E-state index is -4.98. The number of para-hydroxylation sites is 1. The predicted molar refractivity (Wildman–Crippen MR) is 167 cm³/mol. The van der Waals surface area contributed by atoms with Crippen molar-refractivity contribution in [3.8, 4) is 17.5 Å². The summed E-state index contributed by atoms with van der Waals surface area (Å²) in [7, 11) is 1.47. The van der Waals surface area contributed by atoms with Gasteiger partial charge in [0.15, 0.2) is 5.82 Å². The first-order valence-electron chi connectivity index (χ1n) is 14.2. The summed E-state index contributed by atoms with van der Waals surface area (Å²) in [5.74, 6) is 0.841. The lowest BCUT2D eigenvalue weighted by atomic mass is 10.0. The molecule has 0 radical (unpaired) electrons. The number of methoxy groups -OCH3 is 1. The van der Waals surface area contributed by atoms with E-state index in [1.165, 1.54) is 31.4 Å². The van der Waals surface area contributed by atoms with E-state index in [0.717, 1.165) is 10.5 Å². The van der Waals surface area contributed by atoms with Gasteiger partial charge in [0, 0.05) is 13.1 Å². The number of ether oxygens (including phenoxy) is 2. The lowest BCUT2D eigenvalue weighted by Crippen LogP contribution is -2.61. The number of rotatable bonds is 6. The zero-order valence-electron chi connectivity index (χ0n) is 24.8. The molecule has 0 spiro atoms. The molecule has 0 saturated carbocycles. The summed E-state index contributed by atoms with van der Waals surface area (Å²) in [5.41, 5.74) is 1.07. The van der Waals surface area contributed by atoms with Gasteiger partial charge in [-0.15, -0.1) is 10.2 Å². The van der Waals surface area contributed by atoms with Crippen molar-refractivity contribution in [3.05, 3.63) is 101 Å². The van der Waals surface area contributed by atoms with Gasteiger partial charge >= 0.3 is 12.2 Å². The second-order valence-corrected chi connectivity index (χ2v) is 11.7. The van der Waals surface area contributed by atoms with Crippen LogP contribution < -0.4 is 19.9 Å². The Morgan fingerprint density at radius 2 is 1.67 bits per heavy atom. The number of nitrogens with one attached hydrogen (secondary N) is 1. The quantitative estimate of drug-likeness (QED) is 0.254. The number of anilines is 2. The third kappa shape index (κ3) is 5.52. The molecule has 6 rings (SSSR count). The van der Waals surface area contributed by atoms with Gasteiger partial charge in [-0.3, -0.25) is 9.47 Å². The number of hydrogen-bond donors (Lipinski definition) is 1. The lowest BCUT2D eigenvalue weighted by Gasteiger charge is -2.44. The monoisotopic (exact) mass is 647 g/mol. The van der Waals surface area contributed by atoms with Gasteiger partial charge in [0.05, 0.1) is 31.7 Å². The Labute approximate surface area is 267 Å². The van der Waals surface area contributed by atoms with Crippen molar-refractivity contribution in [1.29, 1.82) is 5.26 Å². The topological polar surface area (TPSA) is 109 Å². The Hall–Kier alpha value is -5.00. The van der Waals surface area contributed by atoms with E-state index in [0.29, 0.717) is 55.5 Å². The molecule has 2 aliphatic heterocycles. The summed E-state index contributed by atoms with van der Waals surface area (Å²) < 4.78 is 58.2. The maximum absolute atomic E-state index is 15.3. The highest BCUT2D eigenvalue weighted by Gasteiger charge is 2.62. The zero-order chi connectivity index (χ0) is 32.5. The summed E-state index contributed by atoms with van der Waals surface area (Å²) in [5, 5.41) is 21.5. The van der Waals surface area contributed by atoms with Crippen molar-refractivity contribution >= 4 is 35.0 Å². The van der Waals surface area contributed by atoms with Gasteiger partial charge in [0.2, 0.25) is 10.8 Å². The molecule has 1 aromatic heterocycles. The molecule has 10 nitrogen and oxygen atoms in total. The van der Waals surface area contributed by atoms with Crippen molar-refractivity contribution in [2.45, 2.75) is 18.0 Å². The van der Waals surface area contributed by atoms with Gasteiger partial charge in [-0.1, -0.05) is 59.8 Å². The molecule has 2 aliphatic rings. The molecule has 4 aromatic rings. The normalized spacial score (nSPS) is 19.8. The number of nitriles is 1. The largest absolute Gasteiger partial charge is 0.497 e. The number of aryl methyl sites for hydroxylation is 1. The fourth-order valence-electron chi connectivity index (χ4n) is 5.27. The molecule has 3 aromatic carbocycles. The minimum Gasteiger partial charge on any atom is -0.497 e. The Bertz CT molecular complexity index is 1800. The van der Waals surface area contributed by atoms with Gasteiger partial charge in [0.25, 0.3) is 0 Å². The maximum atomic E-state index is 15.3. The molecule has 46 heavy (non-hydrogen) atoms. The van der Waals surface area contributed by atoms with Crippen LogP contribution in [0.1, 0.15) is 17.0 Å². The summed E-state index contributed by atoms with van der Waals surface area (Å²) in [4.78, 5) is 14.0. The van der Waals surface area contributed by atoms with Crippen molar-refractivity contribution in [1.82, 2.24) is 20.1 Å². The SMILES string of the molecule is COc1ccc(N2C(=O)N[C@](c3ccc(C)cc3)(C(F)(F)F)S/C2=C(/C#N)c2nnc(N3CCOCC3)n2-c2ccccc2)cc1. The third-order valence-corrected chi connectivity index (χ3v) is 9.09. The number of alkyl halides is 3. The van der Waals surface area contributed by atoms with Gasteiger partial charge in [-0.25, -0.2) is 4.79 Å². The molecule has 1 atom stereocenters. The second-order valence-electron chi connectivity index (χ2n) is 10.5. The number of urea groups is 1. The smallest absolute Gasteiger partial charge is 0.425 e. The molecule has 2 amide bonds. The number of hydrogen-bond acceptors (Lipinski definition) is 8. The van der Waals surface area contributed by atoms with Gasteiger partial charge in [-0.2, -0.15) is 18.4 Å². The number of morpholine rings is 1. The first kappa shape index (κ1) is 31.0. The van der Waals surface area contributed by atoms with Crippen LogP contribution in [-0.4, -0.2) is 60.4 Å². The second kappa shape index (κ2) is 12.4. The first-order valence-corrected chi connectivity index (χ1v) is 15.1. The zero-order valence-corrected chi connectivity index (χ0v) is 25.6. The van der Waals surface area contributed by atoms with E-state index >= 15 is 13.2 Å². The first-order chi connectivity index (χ1) is 22.2. The van der Waals surface area contributed by atoms with Gasteiger partial charge < -0.3 is 19.7 Å². The van der Waals surface area contributed by atoms with Crippen LogP contribution in [0.3, 0.4) is 0 Å². The molecular weight excluding hydrogens is 619 g/mol. The van der Waals surface area contributed by atoms with Crippen LogP contribution in [0.5, 0.6) is 5.75 Å². The molecule has 236 valence electrons. The van der Waals surface area contributed by atoms with Crippen molar-refractivity contribution in [3.63, 3.8) is 0 Å². The van der Waals surface area contributed by atoms with Gasteiger partial charge in [0.1, 0.15) is 22.4 Å². The summed E-state index contributed by atoms with van der Waals surface area (Å²) in [6.07, 6.45) is -4.98. The van der Waals surface area contributed by atoms with Crippen LogP contribution in [0.15, 0.2) is 83.9 Å². The highest BCUT2D eigenvalue weighted by molar-refractivity contribution is 8.04. The minimum absolute atomic E-state index is 0.0223. The summed E-state index contributed by atoms with van der Waals surface area (Å²) >= 11 is 0.318. The molecule has 1 N–H and O–H groups in total. The van der Waals surface area contributed by atoms with Crippen LogP contribution in [0.2, 0.25) is 0 Å². The lowest BCUT2D eigenvalue weighted by molar-refractivity contribution is -0.167. The van der Waals surface area contributed by atoms with E-state index < -0.39 is 17.1 Å². The van der Waals surface area contributed by atoms with E-state index in [9.17, 15) is 10.1 Å². The fourth-order valence-corrected chi connectivity index (χ4v) is 6.59. The highest BCUT2D eigenvalue weighted by atomic mass is 32.2. The Kier molecular flexibility index (Phi) is 8.37. The number of allylic oxidation sites excluding steroid dienone is 1. The molecule has 0 unspecified atom stereocenters. The number of nitrogens with zero attached hydrogens (tertiary/aromatic N) is 6. The fraction of sp³-hybridized carbons (Fsp3) is 0.250. The molecule has 14 heteroatoms. The third-order valence-electron chi connectivity index (χ3n) is 7.63. The van der Waals surface area contributed by atoms with Crippen LogP contribution in [-0.2, 0) is 9.61 Å². The van der Waals surface area contributed by atoms with E-state index in [-0.39, 0.29) is 27.7 Å².